The molecule has 1 aliphatic heterocycles. The Kier molecular flexibility index (Phi) is 1.86. The maximum absolute atomic E-state index is 3.44. The molecule has 2 rings (SSSR count). The van der Waals surface area contributed by atoms with Gasteiger partial charge in [0.1, 0.15) is 5.82 Å². The van der Waals surface area contributed by atoms with Crippen LogP contribution in [-0.4, -0.2) is 11.5 Å². The summed E-state index contributed by atoms with van der Waals surface area (Å²) in [4.78, 5) is 3.22. The van der Waals surface area contributed by atoms with Crippen LogP contribution >= 0.6 is 0 Å². The minimum Gasteiger partial charge on any atom is -0.371 e. The second kappa shape index (κ2) is 2.79. The largest absolute Gasteiger partial charge is 0.371 e. The number of rotatable bonds is 0. The molecule has 2 N–H and O–H groups in total. The first-order valence-electron chi connectivity index (χ1n) is 4.97. The summed E-state index contributed by atoms with van der Waals surface area (Å²) in [5, 5.41) is 3.44. The molecule has 1 aromatic heterocycles. The lowest BCUT2D eigenvalue weighted by molar-refractivity contribution is 0.247. The van der Waals surface area contributed by atoms with E-state index in [1.54, 1.807) is 0 Å². The molecule has 0 aliphatic carbocycles. The molecule has 1 aromatic rings. The molecule has 13 heavy (non-hydrogen) atoms. The zero-order valence-corrected chi connectivity index (χ0v) is 8.65. The molecular weight excluding hydrogens is 160 g/mol. The van der Waals surface area contributed by atoms with Gasteiger partial charge < -0.3 is 10.3 Å². The Labute approximate surface area is 79.7 Å². The van der Waals surface area contributed by atoms with E-state index in [0.717, 1.165) is 12.5 Å². The number of H-pyrrole nitrogens is 1. The third kappa shape index (κ3) is 1.58. The molecule has 2 nitrogen and oxygen atoms in total. The van der Waals surface area contributed by atoms with E-state index in [2.05, 4.69) is 37.1 Å². The monoisotopic (exact) mass is 178 g/mol. The Hall–Kier alpha value is -0.920. The molecule has 0 bridgehead atoms. The second-order valence-electron chi connectivity index (χ2n) is 5.03. The normalized spacial score (nSPS) is 22.2. The summed E-state index contributed by atoms with van der Waals surface area (Å²) < 4.78 is 0. The summed E-state index contributed by atoms with van der Waals surface area (Å²) in [6.45, 7) is 8.04. The fourth-order valence-electron chi connectivity index (χ4n) is 1.91. The highest BCUT2D eigenvalue weighted by atomic mass is 15.0. The first-order valence-corrected chi connectivity index (χ1v) is 4.97. The van der Waals surface area contributed by atoms with Gasteiger partial charge in [-0.25, -0.2) is 0 Å². The molecule has 1 aliphatic rings. The van der Waals surface area contributed by atoms with Crippen molar-refractivity contribution >= 4 is 5.82 Å². The maximum atomic E-state index is 3.44. The van der Waals surface area contributed by atoms with E-state index in [0.29, 0.717) is 5.41 Å². The van der Waals surface area contributed by atoms with Crippen molar-refractivity contribution in [3.63, 3.8) is 0 Å². The van der Waals surface area contributed by atoms with Gasteiger partial charge in [0.2, 0.25) is 0 Å². The molecule has 0 saturated heterocycles. The molecule has 0 fully saturated rings. The van der Waals surface area contributed by atoms with E-state index in [1.807, 2.05) is 6.20 Å². The predicted molar refractivity (Wildman–Crippen MR) is 55.9 cm³/mol. The molecule has 1 atom stereocenters. The number of anilines is 1. The van der Waals surface area contributed by atoms with Crippen LogP contribution in [0.15, 0.2) is 12.3 Å². The van der Waals surface area contributed by atoms with Crippen molar-refractivity contribution in [2.45, 2.75) is 27.2 Å². The van der Waals surface area contributed by atoms with Gasteiger partial charge in [0.05, 0.1) is 0 Å². The Morgan fingerprint density at radius 1 is 1.38 bits per heavy atom. The number of hydrogen-bond acceptors (Lipinski definition) is 1. The van der Waals surface area contributed by atoms with Crippen LogP contribution in [-0.2, 0) is 6.42 Å². The van der Waals surface area contributed by atoms with Gasteiger partial charge in [-0.2, -0.15) is 0 Å². The zero-order chi connectivity index (χ0) is 9.47. The second-order valence-corrected chi connectivity index (χ2v) is 5.03. The summed E-state index contributed by atoms with van der Waals surface area (Å²) in [5.74, 6) is 1.97. The van der Waals surface area contributed by atoms with E-state index in [1.165, 1.54) is 17.8 Å². The highest BCUT2D eigenvalue weighted by Gasteiger charge is 2.28. The molecule has 0 saturated carbocycles. The highest BCUT2D eigenvalue weighted by molar-refractivity contribution is 5.47. The van der Waals surface area contributed by atoms with Gasteiger partial charge in [-0.3, -0.25) is 0 Å². The molecule has 0 aromatic carbocycles. The predicted octanol–water partition coefficient (Wildman–Crippen LogP) is 2.65. The average molecular weight is 178 g/mol. The van der Waals surface area contributed by atoms with Crippen LogP contribution in [0.1, 0.15) is 26.3 Å². The molecule has 0 amide bonds. The Morgan fingerprint density at radius 3 is 2.85 bits per heavy atom. The van der Waals surface area contributed by atoms with Crippen LogP contribution in [0.25, 0.3) is 0 Å². The summed E-state index contributed by atoms with van der Waals surface area (Å²) in [7, 11) is 0. The molecule has 2 heterocycles. The van der Waals surface area contributed by atoms with Gasteiger partial charge in [-0.05, 0) is 29.4 Å². The Balaban J connectivity index is 2.18. The van der Waals surface area contributed by atoms with Gasteiger partial charge in [0, 0.05) is 12.7 Å². The van der Waals surface area contributed by atoms with Crippen molar-refractivity contribution in [1.82, 2.24) is 4.98 Å². The van der Waals surface area contributed by atoms with Crippen LogP contribution in [0.5, 0.6) is 0 Å². The fourth-order valence-corrected chi connectivity index (χ4v) is 1.91. The average Bonchev–Trinajstić information content (AvgIpc) is 2.47. The van der Waals surface area contributed by atoms with Gasteiger partial charge in [-0.1, -0.05) is 20.8 Å². The quantitative estimate of drug-likeness (QED) is 0.628. The summed E-state index contributed by atoms with van der Waals surface area (Å²) in [6, 6.07) is 2.18. The summed E-state index contributed by atoms with van der Waals surface area (Å²) in [6.07, 6.45) is 3.22. The van der Waals surface area contributed by atoms with Crippen LogP contribution < -0.4 is 5.32 Å². The highest BCUT2D eigenvalue weighted by Crippen LogP contribution is 2.34. The first kappa shape index (κ1) is 8.67. The van der Waals surface area contributed by atoms with Gasteiger partial charge in [0.25, 0.3) is 0 Å². The summed E-state index contributed by atoms with van der Waals surface area (Å²) >= 11 is 0. The lowest BCUT2D eigenvalue weighted by atomic mass is 9.76. The number of hydrogen-bond donors (Lipinski definition) is 2. The van der Waals surface area contributed by atoms with Crippen molar-refractivity contribution in [1.29, 1.82) is 0 Å². The molecule has 0 radical (unpaired) electrons. The van der Waals surface area contributed by atoms with Crippen molar-refractivity contribution < 1.29 is 0 Å². The van der Waals surface area contributed by atoms with Crippen molar-refractivity contribution in [3.05, 3.63) is 17.8 Å². The number of aromatic amines is 1. The minimum atomic E-state index is 0.405. The maximum Gasteiger partial charge on any atom is 0.106 e. The Morgan fingerprint density at radius 2 is 2.15 bits per heavy atom. The van der Waals surface area contributed by atoms with E-state index >= 15 is 0 Å². The van der Waals surface area contributed by atoms with Crippen molar-refractivity contribution in [2.75, 3.05) is 11.9 Å². The standard InChI is InChI=1S/C11H18N2/c1-11(2,3)9-6-8-4-5-12-10(8)13-7-9/h4-5,9,12-13H,6-7H2,1-3H3. The van der Waals surface area contributed by atoms with E-state index in [4.69, 9.17) is 0 Å². The van der Waals surface area contributed by atoms with Gasteiger partial charge in [0.15, 0.2) is 0 Å². The topological polar surface area (TPSA) is 27.8 Å². The number of nitrogens with one attached hydrogen (secondary N) is 2. The Bertz CT molecular complexity index is 293. The van der Waals surface area contributed by atoms with Gasteiger partial charge >= 0.3 is 0 Å². The lowest BCUT2D eigenvalue weighted by Gasteiger charge is -2.34. The molecule has 2 heteroatoms. The van der Waals surface area contributed by atoms with Crippen molar-refractivity contribution in [3.8, 4) is 0 Å². The lowest BCUT2D eigenvalue weighted by Crippen LogP contribution is -2.32. The fraction of sp³-hybridized carbons (Fsp3) is 0.636. The minimum absolute atomic E-state index is 0.405. The van der Waals surface area contributed by atoms with Crippen LogP contribution in [0, 0.1) is 11.3 Å². The van der Waals surface area contributed by atoms with E-state index in [-0.39, 0.29) is 0 Å². The zero-order valence-electron chi connectivity index (χ0n) is 8.65. The summed E-state index contributed by atoms with van der Waals surface area (Å²) in [5.41, 5.74) is 1.84. The molecule has 1 unspecified atom stereocenters. The van der Waals surface area contributed by atoms with E-state index in [9.17, 15) is 0 Å². The van der Waals surface area contributed by atoms with E-state index < -0.39 is 0 Å². The molecule has 0 spiro atoms. The van der Waals surface area contributed by atoms with Crippen molar-refractivity contribution in [2.24, 2.45) is 11.3 Å². The molecule has 72 valence electrons. The third-order valence-electron chi connectivity index (χ3n) is 3.05. The van der Waals surface area contributed by atoms with Crippen LogP contribution in [0.4, 0.5) is 5.82 Å². The van der Waals surface area contributed by atoms with Crippen LogP contribution in [0.3, 0.4) is 0 Å². The number of aromatic nitrogens is 1. The van der Waals surface area contributed by atoms with Gasteiger partial charge in [-0.15, -0.1) is 0 Å². The first-order chi connectivity index (χ1) is 6.07. The smallest absolute Gasteiger partial charge is 0.106 e. The SMILES string of the molecule is CC(C)(C)C1CNc2[nH]ccc2C1. The van der Waals surface area contributed by atoms with Crippen LogP contribution in [0.2, 0.25) is 0 Å². The third-order valence-corrected chi connectivity index (χ3v) is 3.05. The number of fused-ring (bicyclic) bond motifs is 1. The molecular formula is C11H18N2.